The third-order valence-corrected chi connectivity index (χ3v) is 7.53. The van der Waals surface area contributed by atoms with Crippen molar-refractivity contribution < 1.29 is 18.7 Å². The van der Waals surface area contributed by atoms with E-state index in [-0.39, 0.29) is 23.5 Å². The van der Waals surface area contributed by atoms with Gasteiger partial charge in [0, 0.05) is 36.6 Å². The predicted octanol–water partition coefficient (Wildman–Crippen LogP) is 3.82. The maximum atomic E-state index is 14.4. The van der Waals surface area contributed by atoms with E-state index >= 15 is 0 Å². The van der Waals surface area contributed by atoms with Crippen LogP contribution in [0.25, 0.3) is 5.69 Å². The Kier molecular flexibility index (Phi) is 7.22. The maximum absolute atomic E-state index is 14.4. The quantitative estimate of drug-likeness (QED) is 0.345. The molecule has 1 aromatic carbocycles. The number of thioether (sulfide) groups is 1. The Hall–Kier alpha value is -2.69. The number of Topliss-reactive ketones (excluding diaryl/α,β-unsaturated/α-hetero) is 1. The fourth-order valence-electron chi connectivity index (χ4n) is 4.79. The zero-order valence-electron chi connectivity index (χ0n) is 20.1. The average molecular weight is 500 g/mol. The molecule has 1 atom stereocenters. The Balaban J connectivity index is 1.36. The van der Waals surface area contributed by atoms with Gasteiger partial charge in [-0.15, -0.1) is 10.2 Å². The molecular weight excluding hydrogens is 469 g/mol. The van der Waals surface area contributed by atoms with E-state index in [2.05, 4.69) is 19.7 Å². The Labute approximate surface area is 208 Å². The molecule has 3 aromatic rings. The molecule has 8 nitrogen and oxygen atoms in total. The zero-order chi connectivity index (χ0) is 24.4. The van der Waals surface area contributed by atoms with Crippen LogP contribution in [0.1, 0.15) is 34.6 Å². The molecule has 0 aliphatic carbocycles. The topological polar surface area (TPSA) is 74.4 Å². The van der Waals surface area contributed by atoms with Gasteiger partial charge in [0.1, 0.15) is 5.82 Å². The number of hydrogen-bond acceptors (Lipinski definition) is 7. The summed E-state index contributed by atoms with van der Waals surface area (Å²) in [5.74, 6) is 0.677. The first-order valence-electron chi connectivity index (χ1n) is 12.0. The lowest BCUT2D eigenvalue weighted by Crippen LogP contribution is -2.38. The van der Waals surface area contributed by atoms with E-state index < -0.39 is 0 Å². The van der Waals surface area contributed by atoms with Gasteiger partial charge in [-0.1, -0.05) is 23.9 Å². The van der Waals surface area contributed by atoms with Crippen molar-refractivity contribution in [3.63, 3.8) is 0 Å². The molecular formula is C25H30FN5O3S. The molecule has 186 valence electrons. The number of rotatable bonds is 8. The second-order valence-electron chi connectivity index (χ2n) is 8.91. The fourth-order valence-corrected chi connectivity index (χ4v) is 5.62. The van der Waals surface area contributed by atoms with Crippen LogP contribution in [0.2, 0.25) is 0 Å². The standard InChI is InChI=1S/C25H30FN5O3S/c1-17-14-20(18(2)31(17)22-8-4-3-7-21(22)26)23(32)16-35-25-28-27-24(29-9-12-33-13-10-29)30(25)15-19-6-5-11-34-19/h3-4,7-8,14,19H,5-6,9-13,15-16H2,1-2H3/t19-/m1/s1. The number of hydrogen-bond donors (Lipinski definition) is 0. The summed E-state index contributed by atoms with van der Waals surface area (Å²) in [5, 5.41) is 9.61. The van der Waals surface area contributed by atoms with E-state index in [1.54, 1.807) is 22.8 Å². The van der Waals surface area contributed by atoms with Crippen LogP contribution in [0.4, 0.5) is 10.3 Å². The number of nitrogens with zero attached hydrogens (tertiary/aromatic N) is 5. The lowest BCUT2D eigenvalue weighted by atomic mass is 10.2. The van der Waals surface area contributed by atoms with Gasteiger partial charge in [-0.3, -0.25) is 9.36 Å². The third-order valence-electron chi connectivity index (χ3n) is 6.56. The van der Waals surface area contributed by atoms with Crippen LogP contribution in [0.5, 0.6) is 0 Å². The van der Waals surface area contributed by atoms with E-state index in [0.29, 0.717) is 36.2 Å². The SMILES string of the molecule is Cc1cc(C(=O)CSc2nnc(N3CCOCC3)n2C[C@H]2CCCO2)c(C)n1-c1ccccc1F. The van der Waals surface area contributed by atoms with Crippen molar-refractivity contribution in [1.82, 2.24) is 19.3 Å². The Morgan fingerprint density at radius 3 is 2.71 bits per heavy atom. The number of aromatic nitrogens is 4. The molecule has 4 heterocycles. The molecule has 35 heavy (non-hydrogen) atoms. The van der Waals surface area contributed by atoms with Crippen LogP contribution in [0.3, 0.4) is 0 Å². The van der Waals surface area contributed by atoms with Crippen molar-refractivity contribution in [2.75, 3.05) is 43.6 Å². The van der Waals surface area contributed by atoms with Crippen molar-refractivity contribution in [2.45, 2.75) is 44.5 Å². The number of anilines is 1. The second-order valence-corrected chi connectivity index (χ2v) is 9.85. The van der Waals surface area contributed by atoms with Crippen LogP contribution in [0, 0.1) is 19.7 Å². The van der Waals surface area contributed by atoms with Gasteiger partial charge < -0.3 is 18.9 Å². The van der Waals surface area contributed by atoms with E-state index in [1.165, 1.54) is 17.8 Å². The summed E-state index contributed by atoms with van der Waals surface area (Å²) in [4.78, 5) is 15.4. The van der Waals surface area contributed by atoms with Gasteiger partial charge in [-0.05, 0) is 44.9 Å². The molecule has 0 bridgehead atoms. The summed E-state index contributed by atoms with van der Waals surface area (Å²) < 4.78 is 29.7. The molecule has 0 N–H and O–H groups in total. The summed E-state index contributed by atoms with van der Waals surface area (Å²) in [6.45, 7) is 8.02. The minimum atomic E-state index is -0.319. The Bertz CT molecular complexity index is 1200. The van der Waals surface area contributed by atoms with Gasteiger partial charge in [0.25, 0.3) is 0 Å². The minimum Gasteiger partial charge on any atom is -0.378 e. The van der Waals surface area contributed by atoms with Crippen molar-refractivity contribution >= 4 is 23.5 Å². The number of ether oxygens (including phenoxy) is 2. The van der Waals surface area contributed by atoms with Crippen LogP contribution >= 0.6 is 11.8 Å². The number of benzene rings is 1. The summed E-state index contributed by atoms with van der Waals surface area (Å²) in [7, 11) is 0. The van der Waals surface area contributed by atoms with Crippen molar-refractivity contribution in [2.24, 2.45) is 0 Å². The highest BCUT2D eigenvalue weighted by molar-refractivity contribution is 7.99. The monoisotopic (exact) mass is 499 g/mol. The molecule has 5 rings (SSSR count). The number of halogens is 1. The van der Waals surface area contributed by atoms with Crippen molar-refractivity contribution in [1.29, 1.82) is 0 Å². The third kappa shape index (κ3) is 5.00. The van der Waals surface area contributed by atoms with Gasteiger partial charge >= 0.3 is 0 Å². The van der Waals surface area contributed by atoms with Crippen LogP contribution in [-0.4, -0.2) is 69.9 Å². The molecule has 10 heteroatoms. The summed E-state index contributed by atoms with van der Waals surface area (Å²) >= 11 is 1.38. The Morgan fingerprint density at radius 1 is 1.17 bits per heavy atom. The highest BCUT2D eigenvalue weighted by Gasteiger charge is 2.26. The molecule has 2 aromatic heterocycles. The number of carbonyl (C=O) groups excluding carboxylic acids is 1. The Morgan fingerprint density at radius 2 is 1.97 bits per heavy atom. The molecule has 0 amide bonds. The molecule has 0 radical (unpaired) electrons. The lowest BCUT2D eigenvalue weighted by molar-refractivity contribution is 0.0942. The first kappa shape index (κ1) is 24.0. The van der Waals surface area contributed by atoms with Gasteiger partial charge in [0.05, 0.1) is 37.3 Å². The highest BCUT2D eigenvalue weighted by atomic mass is 32.2. The molecule has 2 aliphatic rings. The van der Waals surface area contributed by atoms with E-state index in [9.17, 15) is 9.18 Å². The molecule has 2 saturated heterocycles. The first-order chi connectivity index (χ1) is 17.0. The number of carbonyl (C=O) groups is 1. The number of para-hydroxylation sites is 1. The average Bonchev–Trinajstić information content (AvgIpc) is 3.59. The minimum absolute atomic E-state index is 0.0229. The molecule has 0 saturated carbocycles. The van der Waals surface area contributed by atoms with Crippen LogP contribution in [-0.2, 0) is 16.0 Å². The lowest BCUT2D eigenvalue weighted by Gasteiger charge is -2.28. The number of aryl methyl sites for hydroxylation is 1. The number of ketones is 1. The molecule has 2 fully saturated rings. The molecule has 2 aliphatic heterocycles. The van der Waals surface area contributed by atoms with Gasteiger partial charge in [0.15, 0.2) is 10.9 Å². The van der Waals surface area contributed by atoms with E-state index in [0.717, 1.165) is 49.9 Å². The van der Waals surface area contributed by atoms with Crippen molar-refractivity contribution in [3.05, 3.63) is 53.1 Å². The number of morpholine rings is 1. The maximum Gasteiger partial charge on any atom is 0.228 e. The first-order valence-corrected chi connectivity index (χ1v) is 13.0. The predicted molar refractivity (Wildman–Crippen MR) is 132 cm³/mol. The zero-order valence-corrected chi connectivity index (χ0v) is 20.9. The summed E-state index contributed by atoms with van der Waals surface area (Å²) in [6, 6.07) is 8.44. The van der Waals surface area contributed by atoms with Crippen LogP contribution in [0.15, 0.2) is 35.5 Å². The van der Waals surface area contributed by atoms with E-state index in [1.807, 2.05) is 19.9 Å². The molecule has 0 unspecified atom stereocenters. The van der Waals surface area contributed by atoms with Crippen LogP contribution < -0.4 is 4.90 Å². The van der Waals surface area contributed by atoms with E-state index in [4.69, 9.17) is 9.47 Å². The largest absolute Gasteiger partial charge is 0.378 e. The normalized spacial score (nSPS) is 18.4. The highest BCUT2D eigenvalue weighted by Crippen LogP contribution is 2.28. The van der Waals surface area contributed by atoms with Gasteiger partial charge in [-0.2, -0.15) is 0 Å². The fraction of sp³-hybridized carbons (Fsp3) is 0.480. The van der Waals surface area contributed by atoms with Gasteiger partial charge in [0.2, 0.25) is 5.95 Å². The van der Waals surface area contributed by atoms with Crippen molar-refractivity contribution in [3.8, 4) is 5.69 Å². The summed E-state index contributed by atoms with van der Waals surface area (Å²) in [5.41, 5.74) is 2.59. The summed E-state index contributed by atoms with van der Waals surface area (Å²) in [6.07, 6.45) is 2.19. The smallest absolute Gasteiger partial charge is 0.228 e. The second kappa shape index (κ2) is 10.5. The molecule has 0 spiro atoms. The van der Waals surface area contributed by atoms with Gasteiger partial charge in [-0.25, -0.2) is 4.39 Å².